The Hall–Kier alpha value is -1.76. The van der Waals surface area contributed by atoms with E-state index in [0.29, 0.717) is 5.75 Å². The van der Waals surface area contributed by atoms with Crippen molar-refractivity contribution in [2.24, 2.45) is 0 Å². The van der Waals surface area contributed by atoms with Gasteiger partial charge in [-0.05, 0) is 60.1 Å². The van der Waals surface area contributed by atoms with E-state index in [9.17, 15) is 5.11 Å². The van der Waals surface area contributed by atoms with Crippen LogP contribution in [0.15, 0.2) is 42.5 Å². The highest BCUT2D eigenvalue weighted by Crippen LogP contribution is 2.41. The first-order chi connectivity index (χ1) is 8.75. The number of aromatic hydroxyl groups is 1. The van der Waals surface area contributed by atoms with Gasteiger partial charge >= 0.3 is 0 Å². The smallest absolute Gasteiger partial charge is 0.118 e. The largest absolute Gasteiger partial charge is 0.508 e. The molecule has 0 aromatic heterocycles. The third-order valence-electron chi connectivity index (χ3n) is 4.01. The van der Waals surface area contributed by atoms with Crippen LogP contribution in [0.5, 0.6) is 5.75 Å². The monoisotopic (exact) mass is 238 g/mol. The van der Waals surface area contributed by atoms with Gasteiger partial charge in [0.25, 0.3) is 0 Å². The molecule has 2 aromatic rings. The van der Waals surface area contributed by atoms with Crippen molar-refractivity contribution in [3.05, 3.63) is 53.6 Å². The summed E-state index contributed by atoms with van der Waals surface area (Å²) >= 11 is 0. The molecule has 0 radical (unpaired) electrons. The highest BCUT2D eigenvalue weighted by atomic mass is 16.3. The van der Waals surface area contributed by atoms with Crippen LogP contribution in [0.2, 0.25) is 0 Å². The molecule has 0 saturated heterocycles. The molecule has 0 atom stereocenters. The van der Waals surface area contributed by atoms with Crippen molar-refractivity contribution in [2.45, 2.75) is 32.1 Å². The fourth-order valence-corrected chi connectivity index (χ4v) is 2.66. The normalized spacial score (nSPS) is 15.4. The number of aryl methyl sites for hydroxylation is 1. The van der Waals surface area contributed by atoms with Crippen LogP contribution in [-0.2, 0) is 0 Å². The van der Waals surface area contributed by atoms with Gasteiger partial charge in [-0.2, -0.15) is 0 Å². The predicted octanol–water partition coefficient (Wildman–Crippen LogP) is 4.64. The lowest BCUT2D eigenvalue weighted by molar-refractivity contribution is 0.420. The summed E-state index contributed by atoms with van der Waals surface area (Å²) < 4.78 is 0. The Morgan fingerprint density at radius 2 is 1.83 bits per heavy atom. The van der Waals surface area contributed by atoms with E-state index < -0.39 is 0 Å². The molecule has 0 bridgehead atoms. The molecule has 18 heavy (non-hydrogen) atoms. The molecule has 0 heterocycles. The number of phenolic OH excluding ortho intramolecular Hbond substituents is 1. The van der Waals surface area contributed by atoms with Gasteiger partial charge < -0.3 is 5.11 Å². The molecule has 1 aliphatic rings. The van der Waals surface area contributed by atoms with E-state index in [-0.39, 0.29) is 0 Å². The number of phenols is 1. The Morgan fingerprint density at radius 3 is 2.50 bits per heavy atom. The Kier molecular flexibility index (Phi) is 2.83. The molecule has 1 fully saturated rings. The molecule has 0 spiro atoms. The predicted molar refractivity (Wildman–Crippen MR) is 74.9 cm³/mol. The van der Waals surface area contributed by atoms with Crippen molar-refractivity contribution < 1.29 is 5.11 Å². The van der Waals surface area contributed by atoms with Crippen LogP contribution < -0.4 is 0 Å². The van der Waals surface area contributed by atoms with Gasteiger partial charge in [-0.25, -0.2) is 0 Å². The third kappa shape index (κ3) is 1.90. The van der Waals surface area contributed by atoms with Crippen molar-refractivity contribution in [1.82, 2.24) is 0 Å². The first-order valence-corrected chi connectivity index (χ1v) is 6.64. The summed E-state index contributed by atoms with van der Waals surface area (Å²) in [5, 5.41) is 9.63. The molecule has 1 nitrogen and oxygen atoms in total. The molecule has 1 aliphatic carbocycles. The van der Waals surface area contributed by atoms with E-state index in [4.69, 9.17) is 0 Å². The molecular weight excluding hydrogens is 220 g/mol. The lowest BCUT2D eigenvalue weighted by Crippen LogP contribution is -2.09. The van der Waals surface area contributed by atoms with Crippen molar-refractivity contribution in [2.75, 3.05) is 0 Å². The standard InChI is InChI=1S/C17H18O/c1-12-11-14(9-10-17(12)18)16-8-3-2-7-15(16)13-5-4-6-13/h2-3,7-11,13,18H,4-6H2,1H3. The molecule has 0 unspecified atom stereocenters. The Labute approximate surface area is 108 Å². The van der Waals surface area contributed by atoms with Gasteiger partial charge in [0.2, 0.25) is 0 Å². The van der Waals surface area contributed by atoms with E-state index in [1.165, 1.54) is 36.0 Å². The number of hydrogen-bond acceptors (Lipinski definition) is 1. The van der Waals surface area contributed by atoms with Crippen LogP contribution in [0, 0.1) is 6.92 Å². The summed E-state index contributed by atoms with van der Waals surface area (Å²) in [4.78, 5) is 0. The van der Waals surface area contributed by atoms with E-state index in [0.717, 1.165) is 11.5 Å². The molecule has 2 aromatic carbocycles. The van der Waals surface area contributed by atoms with E-state index in [1.54, 1.807) is 6.07 Å². The SMILES string of the molecule is Cc1cc(-c2ccccc2C2CCC2)ccc1O. The lowest BCUT2D eigenvalue weighted by atomic mass is 9.77. The number of benzene rings is 2. The molecule has 1 N–H and O–H groups in total. The fraction of sp³-hybridized carbons (Fsp3) is 0.294. The zero-order chi connectivity index (χ0) is 12.5. The van der Waals surface area contributed by atoms with Crippen LogP contribution in [-0.4, -0.2) is 5.11 Å². The average Bonchev–Trinajstić information content (AvgIpc) is 2.31. The maximum absolute atomic E-state index is 9.63. The third-order valence-corrected chi connectivity index (χ3v) is 4.01. The quantitative estimate of drug-likeness (QED) is 0.808. The van der Waals surface area contributed by atoms with Gasteiger partial charge in [0.05, 0.1) is 0 Å². The van der Waals surface area contributed by atoms with Crippen molar-refractivity contribution in [3.63, 3.8) is 0 Å². The van der Waals surface area contributed by atoms with Gasteiger partial charge in [-0.1, -0.05) is 36.8 Å². The van der Waals surface area contributed by atoms with Crippen LogP contribution in [0.3, 0.4) is 0 Å². The lowest BCUT2D eigenvalue weighted by Gasteiger charge is -2.28. The Balaban J connectivity index is 2.07. The Bertz CT molecular complexity index is 568. The van der Waals surface area contributed by atoms with Crippen molar-refractivity contribution in [3.8, 4) is 16.9 Å². The highest BCUT2D eigenvalue weighted by molar-refractivity contribution is 5.69. The van der Waals surface area contributed by atoms with E-state index >= 15 is 0 Å². The van der Waals surface area contributed by atoms with Crippen LogP contribution in [0.25, 0.3) is 11.1 Å². The summed E-state index contributed by atoms with van der Waals surface area (Å²) in [7, 11) is 0. The Morgan fingerprint density at radius 1 is 1.06 bits per heavy atom. The minimum absolute atomic E-state index is 0.375. The zero-order valence-electron chi connectivity index (χ0n) is 10.7. The second-order valence-corrected chi connectivity index (χ2v) is 5.22. The molecule has 3 rings (SSSR count). The van der Waals surface area contributed by atoms with Crippen molar-refractivity contribution in [1.29, 1.82) is 0 Å². The fourth-order valence-electron chi connectivity index (χ4n) is 2.66. The molecule has 0 amide bonds. The summed E-state index contributed by atoms with van der Waals surface area (Å²) in [6.45, 7) is 1.95. The second kappa shape index (κ2) is 4.49. The molecule has 0 aliphatic heterocycles. The summed E-state index contributed by atoms with van der Waals surface area (Å²) in [6.07, 6.45) is 3.98. The summed E-state index contributed by atoms with van der Waals surface area (Å²) in [5.74, 6) is 1.11. The van der Waals surface area contributed by atoms with E-state index in [2.05, 4.69) is 30.3 Å². The second-order valence-electron chi connectivity index (χ2n) is 5.22. The first-order valence-electron chi connectivity index (χ1n) is 6.64. The molecule has 92 valence electrons. The van der Waals surface area contributed by atoms with Crippen LogP contribution in [0.4, 0.5) is 0 Å². The molecular formula is C17H18O. The zero-order valence-corrected chi connectivity index (χ0v) is 10.7. The minimum Gasteiger partial charge on any atom is -0.508 e. The maximum Gasteiger partial charge on any atom is 0.118 e. The van der Waals surface area contributed by atoms with Gasteiger partial charge in [0.1, 0.15) is 5.75 Å². The van der Waals surface area contributed by atoms with Gasteiger partial charge in [-0.3, -0.25) is 0 Å². The average molecular weight is 238 g/mol. The topological polar surface area (TPSA) is 20.2 Å². The van der Waals surface area contributed by atoms with Crippen molar-refractivity contribution >= 4 is 0 Å². The minimum atomic E-state index is 0.375. The number of rotatable bonds is 2. The van der Waals surface area contributed by atoms with Gasteiger partial charge in [-0.15, -0.1) is 0 Å². The number of hydrogen-bond donors (Lipinski definition) is 1. The first kappa shape index (κ1) is 11.3. The molecule has 1 heteroatoms. The summed E-state index contributed by atoms with van der Waals surface area (Å²) in [6, 6.07) is 14.6. The van der Waals surface area contributed by atoms with E-state index in [1.807, 2.05) is 13.0 Å². The van der Waals surface area contributed by atoms with Crippen LogP contribution in [0.1, 0.15) is 36.3 Å². The van der Waals surface area contributed by atoms with Crippen LogP contribution >= 0.6 is 0 Å². The van der Waals surface area contributed by atoms with Gasteiger partial charge in [0, 0.05) is 0 Å². The maximum atomic E-state index is 9.63. The highest BCUT2D eigenvalue weighted by Gasteiger charge is 2.22. The summed E-state index contributed by atoms with van der Waals surface area (Å²) in [5.41, 5.74) is 4.95. The molecule has 1 saturated carbocycles. The van der Waals surface area contributed by atoms with Gasteiger partial charge in [0.15, 0.2) is 0 Å².